The number of benzene rings is 9. The Balaban J connectivity index is 1.22. The maximum absolute atomic E-state index is 9.76. The van der Waals surface area contributed by atoms with Gasteiger partial charge in [-0.2, -0.15) is 0 Å². The van der Waals surface area contributed by atoms with Gasteiger partial charge in [0.05, 0.1) is 24.7 Å². The lowest BCUT2D eigenvalue weighted by molar-refractivity contribution is 0.669. The van der Waals surface area contributed by atoms with Gasteiger partial charge >= 0.3 is 0 Å². The summed E-state index contributed by atoms with van der Waals surface area (Å²) in [7, 11) is 0. The van der Waals surface area contributed by atoms with Crippen LogP contribution in [0.1, 0.15) is 24.7 Å². The molecular formula is C48H30O. The van der Waals surface area contributed by atoms with E-state index in [-0.39, 0.29) is 90.7 Å². The van der Waals surface area contributed by atoms with Crippen molar-refractivity contribution in [3.63, 3.8) is 0 Å². The number of rotatable bonds is 4. The standard InChI is InChI=1S/C48H30O/c1-2-10-31(11-3-1)32-18-20-33(21-19-32)34-22-24-35(25-23-34)47-39-14-6-8-16-41(39)48(42-17-9-7-15-40(42)47)38-26-27-45-43(29-38)44-28-36-12-4-5-13-37(36)30-46(44)49-45/h1-30H/i1D,2D,3D,4D,5D,10D,11D,12D,13D,22D,23D,24D,25D,26D,27D,28D,29D,30D. The third-order valence-corrected chi connectivity index (χ3v) is 8.65. The molecule has 0 N–H and O–H groups in total. The van der Waals surface area contributed by atoms with Gasteiger partial charge in [-0.3, -0.25) is 0 Å². The van der Waals surface area contributed by atoms with E-state index in [0.29, 0.717) is 38.2 Å². The molecule has 0 atom stereocenters. The van der Waals surface area contributed by atoms with E-state index < -0.39 is 78.6 Å². The zero-order valence-electron chi connectivity index (χ0n) is 43.3. The Morgan fingerprint density at radius 2 is 0.796 bits per heavy atom. The van der Waals surface area contributed by atoms with Gasteiger partial charge in [0.15, 0.2) is 0 Å². The first kappa shape index (κ1) is 15.2. The van der Waals surface area contributed by atoms with Crippen LogP contribution in [0.4, 0.5) is 0 Å². The van der Waals surface area contributed by atoms with Crippen LogP contribution < -0.4 is 0 Å². The minimum absolute atomic E-state index is 0.0306. The van der Waals surface area contributed by atoms with Gasteiger partial charge in [-0.1, -0.05) is 157 Å². The van der Waals surface area contributed by atoms with E-state index >= 15 is 0 Å². The predicted octanol–water partition coefficient (Wildman–Crippen LogP) is 13.7. The SMILES string of the molecule is [2H]c1c([2H])c([2H])c(-c2ccc(-c3c([2H])c([2H])c(-c4c5ccccc5c(-c5c([2H])c([2H])c6oc7c([2H])c8c([2H])c([2H])c([2H])c([2H])c8c([2H])c7c6c5[2H])c5ccccc45)c([2H])c3[2H])cc2)c([2H])c1[2H]. The molecule has 1 heteroatoms. The Morgan fingerprint density at radius 3 is 1.41 bits per heavy atom. The van der Waals surface area contributed by atoms with Gasteiger partial charge in [-0.15, -0.1) is 0 Å². The first-order chi connectivity index (χ1) is 31.8. The molecule has 0 aliphatic rings. The van der Waals surface area contributed by atoms with Crippen LogP contribution in [-0.4, -0.2) is 0 Å². The zero-order valence-corrected chi connectivity index (χ0v) is 25.3. The van der Waals surface area contributed by atoms with E-state index in [9.17, 15) is 11.0 Å². The largest absolute Gasteiger partial charge is 0.456 e. The highest BCUT2D eigenvalue weighted by atomic mass is 16.3. The minimum Gasteiger partial charge on any atom is -0.456 e. The van der Waals surface area contributed by atoms with E-state index in [1.807, 2.05) is 0 Å². The molecule has 0 fully saturated rings. The molecule has 1 aromatic heterocycles. The van der Waals surface area contributed by atoms with E-state index in [4.69, 9.17) is 18.1 Å². The second-order valence-corrected chi connectivity index (χ2v) is 11.4. The van der Waals surface area contributed by atoms with Crippen LogP contribution in [0, 0.1) is 0 Å². The van der Waals surface area contributed by atoms with Crippen LogP contribution in [0.2, 0.25) is 0 Å². The summed E-state index contributed by atoms with van der Waals surface area (Å²) in [4.78, 5) is 0. The molecule has 10 rings (SSSR count). The first-order valence-electron chi connectivity index (χ1n) is 24.4. The summed E-state index contributed by atoms with van der Waals surface area (Å²) in [6.07, 6.45) is 0. The van der Waals surface area contributed by atoms with E-state index in [1.165, 1.54) is 24.3 Å². The Kier molecular flexibility index (Phi) is 3.43. The topological polar surface area (TPSA) is 13.1 Å². The highest BCUT2D eigenvalue weighted by Gasteiger charge is 2.18. The molecule has 9 aromatic carbocycles. The maximum Gasteiger partial charge on any atom is 0.136 e. The molecule has 0 bridgehead atoms. The van der Waals surface area contributed by atoms with Crippen LogP contribution in [0.15, 0.2) is 186 Å². The van der Waals surface area contributed by atoms with E-state index in [0.717, 1.165) is 0 Å². The van der Waals surface area contributed by atoms with Crippen molar-refractivity contribution in [2.45, 2.75) is 0 Å². The smallest absolute Gasteiger partial charge is 0.136 e. The van der Waals surface area contributed by atoms with Crippen molar-refractivity contribution >= 4 is 54.3 Å². The molecule has 0 radical (unpaired) electrons. The molecule has 1 heterocycles. The van der Waals surface area contributed by atoms with Crippen LogP contribution in [-0.2, 0) is 0 Å². The third kappa shape index (κ3) is 4.55. The van der Waals surface area contributed by atoms with Crippen molar-refractivity contribution in [3.8, 4) is 44.5 Å². The van der Waals surface area contributed by atoms with Crippen molar-refractivity contribution in [1.82, 2.24) is 0 Å². The predicted molar refractivity (Wildman–Crippen MR) is 208 cm³/mol. The second kappa shape index (κ2) is 11.1. The Labute approximate surface area is 309 Å². The molecular weight excluding hydrogens is 593 g/mol. The van der Waals surface area contributed by atoms with Gasteiger partial charge in [0.1, 0.15) is 11.2 Å². The molecule has 1 nitrogen and oxygen atoms in total. The molecule has 49 heavy (non-hydrogen) atoms. The third-order valence-electron chi connectivity index (χ3n) is 8.65. The van der Waals surface area contributed by atoms with Gasteiger partial charge in [-0.25, -0.2) is 0 Å². The van der Waals surface area contributed by atoms with Crippen LogP contribution in [0.25, 0.3) is 98.8 Å². The molecule has 0 unspecified atom stereocenters. The van der Waals surface area contributed by atoms with Crippen molar-refractivity contribution < 1.29 is 29.1 Å². The van der Waals surface area contributed by atoms with Gasteiger partial charge in [-0.05, 0) is 101 Å². The molecule has 10 aromatic rings. The fourth-order valence-electron chi connectivity index (χ4n) is 6.43. The molecule has 0 amide bonds. The average molecular weight is 641 g/mol. The van der Waals surface area contributed by atoms with Crippen LogP contribution in [0.5, 0.6) is 0 Å². The normalized spacial score (nSPS) is 16.8. The van der Waals surface area contributed by atoms with Crippen molar-refractivity contribution in [1.29, 1.82) is 0 Å². The maximum atomic E-state index is 9.76. The number of hydrogen-bond acceptors (Lipinski definition) is 1. The summed E-state index contributed by atoms with van der Waals surface area (Å²) in [5, 5.41) is 0.930. The lowest BCUT2D eigenvalue weighted by atomic mass is 9.85. The van der Waals surface area contributed by atoms with Crippen LogP contribution in [0.3, 0.4) is 0 Å². The van der Waals surface area contributed by atoms with E-state index in [1.54, 1.807) is 48.5 Å². The monoisotopic (exact) mass is 640 g/mol. The molecule has 0 aliphatic carbocycles. The van der Waals surface area contributed by atoms with Crippen molar-refractivity contribution in [2.75, 3.05) is 0 Å². The lowest BCUT2D eigenvalue weighted by Crippen LogP contribution is -1.91. The highest BCUT2D eigenvalue weighted by Crippen LogP contribution is 2.45. The van der Waals surface area contributed by atoms with E-state index in [2.05, 4.69) is 0 Å². The summed E-state index contributed by atoms with van der Waals surface area (Å²) in [5.41, 5.74) is 0.484. The molecule has 0 saturated carbocycles. The molecule has 0 spiro atoms. The van der Waals surface area contributed by atoms with Crippen LogP contribution >= 0.6 is 0 Å². The lowest BCUT2D eigenvalue weighted by Gasteiger charge is -2.18. The molecule has 0 aliphatic heterocycles. The Bertz CT molecular complexity index is 3780. The second-order valence-electron chi connectivity index (χ2n) is 11.4. The quantitative estimate of drug-likeness (QED) is 0.174. The fraction of sp³-hybridized carbons (Fsp3) is 0. The van der Waals surface area contributed by atoms with Gasteiger partial charge in [0, 0.05) is 10.8 Å². The Morgan fingerprint density at radius 1 is 0.327 bits per heavy atom. The summed E-state index contributed by atoms with van der Waals surface area (Å²) in [5.74, 6) is 0. The number of furan rings is 1. The summed E-state index contributed by atoms with van der Waals surface area (Å²) in [6.45, 7) is 0. The highest BCUT2D eigenvalue weighted by molar-refractivity contribution is 6.22. The van der Waals surface area contributed by atoms with Gasteiger partial charge < -0.3 is 4.42 Å². The minimum atomic E-state index is -0.613. The number of fused-ring (bicyclic) bond motifs is 6. The van der Waals surface area contributed by atoms with Crippen molar-refractivity contribution in [3.05, 3.63) is 182 Å². The fourth-order valence-corrected chi connectivity index (χ4v) is 6.43. The average Bonchev–Trinajstić information content (AvgIpc) is 3.74. The van der Waals surface area contributed by atoms with Crippen molar-refractivity contribution in [2.24, 2.45) is 0 Å². The zero-order chi connectivity index (χ0) is 48.0. The molecule has 0 saturated heterocycles. The Hall–Kier alpha value is -6.44. The van der Waals surface area contributed by atoms with Gasteiger partial charge in [0.2, 0.25) is 0 Å². The summed E-state index contributed by atoms with van der Waals surface area (Å²) in [6, 6.07) is 11.4. The van der Waals surface area contributed by atoms with Gasteiger partial charge in [0.25, 0.3) is 0 Å². The first-order valence-corrected chi connectivity index (χ1v) is 15.4. The number of hydrogen-bond donors (Lipinski definition) is 0. The molecule has 228 valence electrons. The summed E-state index contributed by atoms with van der Waals surface area (Å²) < 4.78 is 165. The summed E-state index contributed by atoms with van der Waals surface area (Å²) >= 11 is 0.